The van der Waals surface area contributed by atoms with Crippen LogP contribution < -0.4 is 10.4 Å². The van der Waals surface area contributed by atoms with Gasteiger partial charge in [-0.3, -0.25) is 4.79 Å². The number of hydrogen-bond acceptors (Lipinski definition) is 7. The third-order valence-corrected chi connectivity index (χ3v) is 6.63. The lowest BCUT2D eigenvalue weighted by Gasteiger charge is -2.29. The van der Waals surface area contributed by atoms with Crippen molar-refractivity contribution in [1.82, 2.24) is 4.90 Å². The zero-order chi connectivity index (χ0) is 19.2. The van der Waals surface area contributed by atoms with Crippen LogP contribution in [0.3, 0.4) is 0 Å². The number of carbonyl (C=O) groups is 2. The van der Waals surface area contributed by atoms with Crippen LogP contribution in [0.1, 0.15) is 25.3 Å². The molecule has 2 atom stereocenters. The molecule has 3 heterocycles. The number of carbonyl (C=O) groups excluding carboxylic acids is 2. The molecular weight excluding hydrogens is 370 g/mol. The summed E-state index contributed by atoms with van der Waals surface area (Å²) in [5.41, 5.74) is 0.394. The van der Waals surface area contributed by atoms with E-state index in [0.29, 0.717) is 34.5 Å². The number of benzene rings is 1. The molecule has 1 amide bonds. The van der Waals surface area contributed by atoms with E-state index >= 15 is 0 Å². The number of methoxy groups -OCH3 is 1. The van der Waals surface area contributed by atoms with E-state index < -0.39 is 17.6 Å². The molecule has 2 aliphatic rings. The van der Waals surface area contributed by atoms with Crippen molar-refractivity contribution >= 4 is 34.6 Å². The Hall–Kier alpha value is -2.48. The van der Waals surface area contributed by atoms with Crippen LogP contribution in [-0.4, -0.2) is 40.6 Å². The molecular formula is C19H19NO6S. The number of nitrogens with zero attached hydrogens (tertiary/aromatic N) is 1. The van der Waals surface area contributed by atoms with Gasteiger partial charge in [0.25, 0.3) is 0 Å². The molecule has 2 aromatic rings. The monoisotopic (exact) mass is 389 g/mol. The van der Waals surface area contributed by atoms with Crippen LogP contribution >= 0.6 is 11.8 Å². The molecule has 0 aliphatic carbocycles. The van der Waals surface area contributed by atoms with Gasteiger partial charge in [0.05, 0.1) is 12.0 Å². The SMILES string of the molecule is COc1ccc2c(COC(=O)[C@@H]3CS[C@@]4(C)CCC(=O)N34)cc(=O)oc2c1. The van der Waals surface area contributed by atoms with Gasteiger partial charge in [-0.15, -0.1) is 11.8 Å². The summed E-state index contributed by atoms with van der Waals surface area (Å²) in [6.07, 6.45) is 1.20. The van der Waals surface area contributed by atoms with Gasteiger partial charge in [0.1, 0.15) is 24.0 Å². The zero-order valence-electron chi connectivity index (χ0n) is 15.0. The summed E-state index contributed by atoms with van der Waals surface area (Å²) in [5, 5.41) is 0.672. The fraction of sp³-hybridized carbons (Fsp3) is 0.421. The van der Waals surface area contributed by atoms with Gasteiger partial charge in [-0.2, -0.15) is 0 Å². The van der Waals surface area contributed by atoms with Crippen molar-refractivity contribution in [2.24, 2.45) is 0 Å². The Balaban J connectivity index is 1.54. The summed E-state index contributed by atoms with van der Waals surface area (Å²) in [5.74, 6) is 0.629. The Morgan fingerprint density at radius 2 is 2.19 bits per heavy atom. The fourth-order valence-corrected chi connectivity index (χ4v) is 5.11. The number of rotatable bonds is 4. The second-order valence-electron chi connectivity index (χ2n) is 6.83. The fourth-order valence-electron chi connectivity index (χ4n) is 3.70. The van der Waals surface area contributed by atoms with Crippen molar-refractivity contribution in [1.29, 1.82) is 0 Å². The van der Waals surface area contributed by atoms with Gasteiger partial charge < -0.3 is 18.8 Å². The van der Waals surface area contributed by atoms with Crippen molar-refractivity contribution in [2.75, 3.05) is 12.9 Å². The lowest BCUT2D eigenvalue weighted by Crippen LogP contribution is -2.46. The molecule has 142 valence electrons. The van der Waals surface area contributed by atoms with Crippen LogP contribution in [0.5, 0.6) is 5.75 Å². The molecule has 8 heteroatoms. The minimum absolute atomic E-state index is 0.0117. The molecule has 1 aromatic heterocycles. The van der Waals surface area contributed by atoms with Crippen LogP contribution in [0, 0.1) is 0 Å². The molecule has 0 unspecified atom stereocenters. The van der Waals surface area contributed by atoms with Gasteiger partial charge in [-0.1, -0.05) is 0 Å². The van der Waals surface area contributed by atoms with E-state index in [9.17, 15) is 14.4 Å². The van der Waals surface area contributed by atoms with Crippen LogP contribution in [0.15, 0.2) is 33.5 Å². The van der Waals surface area contributed by atoms with Gasteiger partial charge in [0.15, 0.2) is 0 Å². The van der Waals surface area contributed by atoms with Gasteiger partial charge in [-0.25, -0.2) is 9.59 Å². The molecule has 0 spiro atoms. The lowest BCUT2D eigenvalue weighted by molar-refractivity contribution is -0.154. The van der Waals surface area contributed by atoms with Crippen LogP contribution in [0.2, 0.25) is 0 Å². The van der Waals surface area contributed by atoms with Gasteiger partial charge in [0.2, 0.25) is 5.91 Å². The standard InChI is InChI=1S/C19H19NO6S/c1-19-6-5-16(21)20(19)14(10-27-19)18(23)25-9-11-7-17(22)26-15-8-12(24-2)3-4-13(11)15/h3-4,7-8,14H,5-6,9-10H2,1-2H3/t14-,19-/m0/s1. The van der Waals surface area contributed by atoms with E-state index in [-0.39, 0.29) is 17.4 Å². The number of fused-ring (bicyclic) bond motifs is 2. The molecule has 1 aromatic carbocycles. The van der Waals surface area contributed by atoms with E-state index in [1.807, 2.05) is 6.92 Å². The third kappa shape index (κ3) is 3.07. The van der Waals surface area contributed by atoms with Crippen molar-refractivity contribution in [3.05, 3.63) is 40.2 Å². The van der Waals surface area contributed by atoms with E-state index in [1.54, 1.807) is 34.9 Å². The lowest BCUT2D eigenvalue weighted by atomic mass is 10.1. The number of thioether (sulfide) groups is 1. The average Bonchev–Trinajstić information content (AvgIpc) is 3.14. The first-order chi connectivity index (χ1) is 12.9. The predicted octanol–water partition coefficient (Wildman–Crippen LogP) is 2.30. The molecule has 4 rings (SSSR count). The van der Waals surface area contributed by atoms with Crippen LogP contribution in [0.25, 0.3) is 11.0 Å². The molecule has 2 saturated heterocycles. The number of esters is 1. The molecule has 2 fully saturated rings. The third-order valence-electron chi connectivity index (χ3n) is 5.12. The highest BCUT2D eigenvalue weighted by molar-refractivity contribution is 8.01. The Morgan fingerprint density at radius 1 is 1.37 bits per heavy atom. The minimum Gasteiger partial charge on any atom is -0.497 e. The predicted molar refractivity (Wildman–Crippen MR) is 99.6 cm³/mol. The topological polar surface area (TPSA) is 86.0 Å². The van der Waals surface area contributed by atoms with Crippen molar-refractivity contribution in [3.8, 4) is 5.75 Å². The molecule has 0 N–H and O–H groups in total. The Morgan fingerprint density at radius 3 is 2.96 bits per heavy atom. The Bertz CT molecular complexity index is 986. The largest absolute Gasteiger partial charge is 0.497 e. The molecule has 7 nitrogen and oxygen atoms in total. The summed E-state index contributed by atoms with van der Waals surface area (Å²) >= 11 is 1.61. The molecule has 0 bridgehead atoms. The summed E-state index contributed by atoms with van der Waals surface area (Å²) in [7, 11) is 1.53. The van der Waals surface area contributed by atoms with Gasteiger partial charge in [0, 0.05) is 35.3 Å². The molecule has 0 radical (unpaired) electrons. The second-order valence-corrected chi connectivity index (χ2v) is 8.33. The first-order valence-electron chi connectivity index (χ1n) is 8.65. The first kappa shape index (κ1) is 17.9. The zero-order valence-corrected chi connectivity index (χ0v) is 15.8. The van der Waals surface area contributed by atoms with E-state index in [1.165, 1.54) is 13.2 Å². The minimum atomic E-state index is -0.582. The molecule has 27 heavy (non-hydrogen) atoms. The maximum Gasteiger partial charge on any atom is 0.336 e. The summed E-state index contributed by atoms with van der Waals surface area (Å²) in [4.78, 5) is 38.0. The number of amides is 1. The van der Waals surface area contributed by atoms with Crippen molar-refractivity contribution < 1.29 is 23.5 Å². The Kier molecular flexibility index (Phi) is 4.38. The number of ether oxygens (including phenoxy) is 2. The van der Waals surface area contributed by atoms with Gasteiger partial charge in [-0.05, 0) is 25.5 Å². The number of hydrogen-bond donors (Lipinski definition) is 0. The van der Waals surface area contributed by atoms with Crippen molar-refractivity contribution in [2.45, 2.75) is 37.3 Å². The average molecular weight is 389 g/mol. The summed E-state index contributed by atoms with van der Waals surface area (Å²) in [6.45, 7) is 1.92. The highest BCUT2D eigenvalue weighted by Crippen LogP contribution is 2.47. The van der Waals surface area contributed by atoms with Crippen LogP contribution in [0.4, 0.5) is 0 Å². The smallest absolute Gasteiger partial charge is 0.336 e. The van der Waals surface area contributed by atoms with E-state index in [0.717, 1.165) is 6.42 Å². The highest BCUT2D eigenvalue weighted by Gasteiger charge is 2.53. The van der Waals surface area contributed by atoms with Crippen LogP contribution in [-0.2, 0) is 20.9 Å². The van der Waals surface area contributed by atoms with Gasteiger partial charge >= 0.3 is 11.6 Å². The highest BCUT2D eigenvalue weighted by atomic mass is 32.2. The second kappa shape index (κ2) is 6.60. The first-order valence-corrected chi connectivity index (χ1v) is 9.63. The normalized spacial score (nSPS) is 24.3. The van der Waals surface area contributed by atoms with E-state index in [4.69, 9.17) is 13.9 Å². The molecule has 0 saturated carbocycles. The summed E-state index contributed by atoms with van der Waals surface area (Å²) in [6, 6.07) is 5.85. The van der Waals surface area contributed by atoms with Crippen molar-refractivity contribution in [3.63, 3.8) is 0 Å². The Labute approximate surface area is 159 Å². The summed E-state index contributed by atoms with van der Waals surface area (Å²) < 4.78 is 15.8. The van der Waals surface area contributed by atoms with E-state index in [2.05, 4.69) is 0 Å². The maximum atomic E-state index is 12.6. The maximum absolute atomic E-state index is 12.6. The molecule has 2 aliphatic heterocycles. The quantitative estimate of drug-likeness (QED) is 0.586.